The van der Waals surface area contributed by atoms with Crippen LogP contribution in [0.2, 0.25) is 0 Å². The molecule has 0 unspecified atom stereocenters. The van der Waals surface area contributed by atoms with E-state index >= 15 is 0 Å². The Morgan fingerprint density at radius 2 is 1.89 bits per heavy atom. The molecule has 0 aromatic heterocycles. The van der Waals surface area contributed by atoms with Crippen LogP contribution in [0.5, 0.6) is 0 Å². The summed E-state index contributed by atoms with van der Waals surface area (Å²) in [6, 6.07) is 17.8. The van der Waals surface area contributed by atoms with E-state index in [1.54, 1.807) is 0 Å². The number of ether oxygens (including phenoxy) is 1. The first-order valence-electron chi connectivity index (χ1n) is 6.08. The highest BCUT2D eigenvalue weighted by atomic mass is 79.9. The van der Waals surface area contributed by atoms with Gasteiger partial charge in [0.05, 0.1) is 13.0 Å². The Kier molecular flexibility index (Phi) is 4.74. The molecule has 98 valence electrons. The van der Waals surface area contributed by atoms with E-state index in [1.165, 1.54) is 7.11 Å². The lowest BCUT2D eigenvalue weighted by Gasteiger charge is -2.15. The summed E-state index contributed by atoms with van der Waals surface area (Å²) in [5.41, 5.74) is 2.09. The Labute approximate surface area is 121 Å². The van der Waals surface area contributed by atoms with Crippen molar-refractivity contribution in [3.63, 3.8) is 0 Å². The highest BCUT2D eigenvalue weighted by Gasteiger charge is 2.21. The molecule has 2 nitrogen and oxygen atoms in total. The molecule has 0 bridgehead atoms. The number of esters is 1. The topological polar surface area (TPSA) is 26.3 Å². The zero-order valence-corrected chi connectivity index (χ0v) is 12.3. The summed E-state index contributed by atoms with van der Waals surface area (Å²) in [4.78, 5) is 12.0. The van der Waals surface area contributed by atoms with Gasteiger partial charge in [-0.1, -0.05) is 58.4 Å². The molecule has 19 heavy (non-hydrogen) atoms. The third-order valence-electron chi connectivity index (χ3n) is 3.02. The zero-order valence-electron chi connectivity index (χ0n) is 10.7. The van der Waals surface area contributed by atoms with Gasteiger partial charge in [-0.15, -0.1) is 0 Å². The maximum atomic E-state index is 12.0. The van der Waals surface area contributed by atoms with E-state index in [9.17, 15) is 4.79 Å². The Bertz CT molecular complexity index is 552. The fraction of sp³-hybridized carbons (Fsp3) is 0.188. The van der Waals surface area contributed by atoms with Crippen molar-refractivity contribution in [3.05, 3.63) is 70.2 Å². The van der Waals surface area contributed by atoms with Crippen LogP contribution in [0, 0.1) is 0 Å². The number of hydrogen-bond acceptors (Lipinski definition) is 2. The van der Waals surface area contributed by atoms with E-state index < -0.39 is 0 Å². The molecule has 0 heterocycles. The second-order valence-electron chi connectivity index (χ2n) is 4.32. The van der Waals surface area contributed by atoms with Crippen molar-refractivity contribution in [2.24, 2.45) is 0 Å². The quantitative estimate of drug-likeness (QED) is 0.798. The molecule has 0 radical (unpaired) electrons. The third kappa shape index (κ3) is 3.67. The van der Waals surface area contributed by atoms with Gasteiger partial charge >= 0.3 is 5.97 Å². The van der Waals surface area contributed by atoms with Crippen LogP contribution in [0.3, 0.4) is 0 Å². The second kappa shape index (κ2) is 6.53. The Balaban J connectivity index is 2.29. The fourth-order valence-electron chi connectivity index (χ4n) is 2.05. The van der Waals surface area contributed by atoms with Crippen molar-refractivity contribution < 1.29 is 9.53 Å². The summed E-state index contributed by atoms with van der Waals surface area (Å²) in [7, 11) is 1.43. The van der Waals surface area contributed by atoms with Crippen LogP contribution in [0.4, 0.5) is 0 Å². The van der Waals surface area contributed by atoms with E-state index in [2.05, 4.69) is 15.9 Å². The fourth-order valence-corrected chi connectivity index (χ4v) is 2.47. The van der Waals surface area contributed by atoms with Gasteiger partial charge in [0.2, 0.25) is 0 Å². The first-order valence-corrected chi connectivity index (χ1v) is 6.87. The van der Waals surface area contributed by atoms with Gasteiger partial charge in [0.25, 0.3) is 0 Å². The first-order chi connectivity index (χ1) is 9.20. The van der Waals surface area contributed by atoms with Crippen molar-refractivity contribution >= 4 is 21.9 Å². The van der Waals surface area contributed by atoms with Crippen LogP contribution in [0.1, 0.15) is 17.0 Å². The lowest BCUT2D eigenvalue weighted by atomic mass is 9.92. The SMILES string of the molecule is COC(=O)[C@H](Cc1ccccc1)c1cccc(Br)c1. The number of halogens is 1. The molecule has 0 aliphatic carbocycles. The van der Waals surface area contributed by atoms with E-state index in [1.807, 2.05) is 54.6 Å². The summed E-state index contributed by atoms with van der Waals surface area (Å²) in [5, 5.41) is 0. The zero-order chi connectivity index (χ0) is 13.7. The molecule has 0 N–H and O–H groups in total. The van der Waals surface area contributed by atoms with Crippen molar-refractivity contribution in [3.8, 4) is 0 Å². The van der Waals surface area contributed by atoms with Crippen LogP contribution in [0.25, 0.3) is 0 Å². The minimum absolute atomic E-state index is 0.207. The number of carbonyl (C=O) groups is 1. The van der Waals surface area contributed by atoms with E-state index in [0.717, 1.165) is 15.6 Å². The van der Waals surface area contributed by atoms with Gasteiger partial charge in [-0.3, -0.25) is 4.79 Å². The summed E-state index contributed by atoms with van der Waals surface area (Å²) >= 11 is 3.43. The molecule has 0 aliphatic rings. The second-order valence-corrected chi connectivity index (χ2v) is 5.24. The minimum Gasteiger partial charge on any atom is -0.469 e. The molecular weight excluding hydrogens is 304 g/mol. The lowest BCUT2D eigenvalue weighted by molar-refractivity contribution is -0.142. The van der Waals surface area contributed by atoms with Crippen LogP contribution in [-0.4, -0.2) is 13.1 Å². The van der Waals surface area contributed by atoms with Crippen molar-refractivity contribution in [2.45, 2.75) is 12.3 Å². The average Bonchev–Trinajstić information content (AvgIpc) is 2.45. The van der Waals surface area contributed by atoms with Crippen molar-refractivity contribution in [1.82, 2.24) is 0 Å². The summed E-state index contributed by atoms with van der Waals surface area (Å²) in [6.45, 7) is 0. The summed E-state index contributed by atoms with van der Waals surface area (Å²) in [5.74, 6) is -0.480. The van der Waals surface area contributed by atoms with Crippen molar-refractivity contribution in [1.29, 1.82) is 0 Å². The molecule has 2 aromatic carbocycles. The lowest BCUT2D eigenvalue weighted by Crippen LogP contribution is -2.16. The van der Waals surface area contributed by atoms with Gasteiger partial charge in [0, 0.05) is 4.47 Å². The molecule has 0 aliphatic heterocycles. The van der Waals surface area contributed by atoms with Gasteiger partial charge in [0.1, 0.15) is 0 Å². The van der Waals surface area contributed by atoms with Gasteiger partial charge in [0.15, 0.2) is 0 Å². The molecule has 2 rings (SSSR count). The van der Waals surface area contributed by atoms with E-state index in [-0.39, 0.29) is 11.9 Å². The first kappa shape index (κ1) is 13.8. The maximum absolute atomic E-state index is 12.0. The molecule has 0 saturated carbocycles. The van der Waals surface area contributed by atoms with Crippen LogP contribution < -0.4 is 0 Å². The highest BCUT2D eigenvalue weighted by molar-refractivity contribution is 9.10. The standard InChI is InChI=1S/C16H15BrO2/c1-19-16(18)15(10-12-6-3-2-4-7-12)13-8-5-9-14(17)11-13/h2-9,11,15H,10H2,1H3/t15-/m1/s1. The smallest absolute Gasteiger partial charge is 0.313 e. The molecule has 0 fully saturated rings. The third-order valence-corrected chi connectivity index (χ3v) is 3.51. The van der Waals surface area contributed by atoms with Crippen molar-refractivity contribution in [2.75, 3.05) is 7.11 Å². The number of carbonyl (C=O) groups excluding carboxylic acids is 1. The van der Waals surface area contributed by atoms with E-state index in [0.29, 0.717) is 6.42 Å². The van der Waals surface area contributed by atoms with Crippen LogP contribution in [-0.2, 0) is 16.0 Å². The Morgan fingerprint density at radius 3 is 2.53 bits per heavy atom. The number of hydrogen-bond donors (Lipinski definition) is 0. The van der Waals surface area contributed by atoms with Gasteiger partial charge < -0.3 is 4.74 Å². The number of benzene rings is 2. The Hall–Kier alpha value is -1.61. The van der Waals surface area contributed by atoms with E-state index in [4.69, 9.17) is 4.74 Å². The normalized spacial score (nSPS) is 11.9. The molecule has 2 aromatic rings. The molecule has 0 amide bonds. The summed E-state index contributed by atoms with van der Waals surface area (Å²) < 4.78 is 5.89. The molecule has 0 saturated heterocycles. The monoisotopic (exact) mass is 318 g/mol. The molecule has 1 atom stereocenters. The average molecular weight is 319 g/mol. The molecule has 3 heteroatoms. The molecular formula is C16H15BrO2. The highest BCUT2D eigenvalue weighted by Crippen LogP contribution is 2.25. The van der Waals surface area contributed by atoms with Gasteiger partial charge in [-0.25, -0.2) is 0 Å². The largest absolute Gasteiger partial charge is 0.469 e. The van der Waals surface area contributed by atoms with Gasteiger partial charge in [-0.05, 0) is 29.7 Å². The van der Waals surface area contributed by atoms with Gasteiger partial charge in [-0.2, -0.15) is 0 Å². The van der Waals surface area contributed by atoms with Crippen LogP contribution >= 0.6 is 15.9 Å². The predicted molar refractivity (Wildman–Crippen MR) is 79.0 cm³/mol. The maximum Gasteiger partial charge on any atom is 0.313 e. The summed E-state index contributed by atoms with van der Waals surface area (Å²) in [6.07, 6.45) is 0.643. The minimum atomic E-state index is -0.273. The number of rotatable bonds is 4. The predicted octanol–water partition coefficient (Wildman–Crippen LogP) is 3.95. The number of methoxy groups -OCH3 is 1. The van der Waals surface area contributed by atoms with Crippen LogP contribution in [0.15, 0.2) is 59.1 Å². The Morgan fingerprint density at radius 1 is 1.16 bits per heavy atom. The molecule has 0 spiro atoms.